The Balaban J connectivity index is 1.72. The van der Waals surface area contributed by atoms with Gasteiger partial charge in [0.2, 0.25) is 5.91 Å². The fourth-order valence-electron chi connectivity index (χ4n) is 1.77. The predicted octanol–water partition coefficient (Wildman–Crippen LogP) is 3.73. The molecule has 0 atom stereocenters. The lowest BCUT2D eigenvalue weighted by Gasteiger charge is -2.03. The molecule has 2 aromatic carbocycles. The molecule has 23 heavy (non-hydrogen) atoms. The number of nitrogens with zero attached hydrogens (tertiary/aromatic N) is 1. The number of hydrogen-bond donors (Lipinski definition) is 1. The summed E-state index contributed by atoms with van der Waals surface area (Å²) in [5.41, 5.74) is 4.41. The molecule has 0 fully saturated rings. The standard InChI is InChI=1S/C17H17ClN2O2S/c1-22-15-8-6-13(7-9-15)10-19-20-17(21)12-23-11-14-4-2-3-5-16(14)18/h2-10H,11-12H2,1H3,(H,20,21)/b19-10-. The zero-order valence-corrected chi connectivity index (χ0v) is 14.2. The number of nitrogens with one attached hydrogen (secondary N) is 1. The smallest absolute Gasteiger partial charge is 0.250 e. The van der Waals surface area contributed by atoms with Crippen molar-refractivity contribution >= 4 is 35.5 Å². The molecular weight excluding hydrogens is 332 g/mol. The van der Waals surface area contributed by atoms with Gasteiger partial charge in [-0.2, -0.15) is 5.10 Å². The Morgan fingerprint density at radius 3 is 2.70 bits per heavy atom. The number of halogens is 1. The number of ether oxygens (including phenoxy) is 1. The van der Waals surface area contributed by atoms with Crippen LogP contribution in [0.5, 0.6) is 5.75 Å². The van der Waals surface area contributed by atoms with Crippen molar-refractivity contribution in [2.24, 2.45) is 5.10 Å². The van der Waals surface area contributed by atoms with E-state index in [1.807, 2.05) is 48.5 Å². The summed E-state index contributed by atoms with van der Waals surface area (Å²) < 4.78 is 5.07. The summed E-state index contributed by atoms with van der Waals surface area (Å²) in [5, 5.41) is 4.66. The van der Waals surface area contributed by atoms with Gasteiger partial charge in [0.05, 0.1) is 19.1 Å². The van der Waals surface area contributed by atoms with Crippen LogP contribution in [-0.4, -0.2) is 25.0 Å². The maximum Gasteiger partial charge on any atom is 0.250 e. The molecule has 2 rings (SSSR count). The largest absolute Gasteiger partial charge is 0.497 e. The van der Waals surface area contributed by atoms with Gasteiger partial charge in [0, 0.05) is 10.8 Å². The molecule has 2 aromatic rings. The minimum atomic E-state index is -0.146. The molecule has 1 N–H and O–H groups in total. The van der Waals surface area contributed by atoms with Crippen molar-refractivity contribution < 1.29 is 9.53 Å². The molecule has 0 spiro atoms. The molecule has 0 bridgehead atoms. The van der Waals surface area contributed by atoms with Crippen LogP contribution in [0, 0.1) is 0 Å². The number of carbonyl (C=O) groups is 1. The number of amides is 1. The molecule has 0 aliphatic heterocycles. The van der Waals surface area contributed by atoms with Crippen molar-refractivity contribution in [1.82, 2.24) is 5.43 Å². The van der Waals surface area contributed by atoms with Crippen LogP contribution in [-0.2, 0) is 10.5 Å². The summed E-state index contributed by atoms with van der Waals surface area (Å²) in [5.74, 6) is 1.65. The fourth-order valence-corrected chi connectivity index (χ4v) is 2.88. The van der Waals surface area contributed by atoms with Gasteiger partial charge < -0.3 is 4.74 Å². The topological polar surface area (TPSA) is 50.7 Å². The van der Waals surface area contributed by atoms with Crippen molar-refractivity contribution in [2.45, 2.75) is 5.75 Å². The van der Waals surface area contributed by atoms with Crippen molar-refractivity contribution in [1.29, 1.82) is 0 Å². The van der Waals surface area contributed by atoms with Crippen LogP contribution in [0.4, 0.5) is 0 Å². The normalized spacial score (nSPS) is 10.7. The summed E-state index contributed by atoms with van der Waals surface area (Å²) in [6.07, 6.45) is 1.59. The molecule has 0 aliphatic carbocycles. The molecule has 0 radical (unpaired) electrons. The van der Waals surface area contributed by atoms with Crippen molar-refractivity contribution in [3.05, 3.63) is 64.7 Å². The first-order chi connectivity index (χ1) is 11.2. The van der Waals surface area contributed by atoms with E-state index in [9.17, 15) is 4.79 Å². The van der Waals surface area contributed by atoms with Crippen LogP contribution in [0.1, 0.15) is 11.1 Å². The lowest BCUT2D eigenvalue weighted by atomic mass is 10.2. The lowest BCUT2D eigenvalue weighted by molar-refractivity contribution is -0.118. The van der Waals surface area contributed by atoms with Crippen LogP contribution >= 0.6 is 23.4 Å². The van der Waals surface area contributed by atoms with Gasteiger partial charge in [0.15, 0.2) is 0 Å². The van der Waals surface area contributed by atoms with E-state index < -0.39 is 0 Å². The van der Waals surface area contributed by atoms with E-state index in [2.05, 4.69) is 10.5 Å². The molecule has 0 unspecified atom stereocenters. The Morgan fingerprint density at radius 2 is 2.00 bits per heavy atom. The number of thioether (sulfide) groups is 1. The Bertz CT molecular complexity index is 675. The third kappa shape index (κ3) is 5.96. The van der Waals surface area contributed by atoms with Crippen LogP contribution < -0.4 is 10.2 Å². The van der Waals surface area contributed by atoms with Gasteiger partial charge in [-0.25, -0.2) is 5.43 Å². The minimum Gasteiger partial charge on any atom is -0.497 e. The Labute approximate surface area is 144 Å². The molecule has 0 heterocycles. The average molecular weight is 349 g/mol. The zero-order valence-electron chi connectivity index (χ0n) is 12.7. The number of rotatable bonds is 7. The molecule has 0 aliphatic rings. The fraction of sp³-hybridized carbons (Fsp3) is 0.176. The van der Waals surface area contributed by atoms with E-state index in [0.29, 0.717) is 11.5 Å². The van der Waals surface area contributed by atoms with Gasteiger partial charge in [-0.15, -0.1) is 11.8 Å². The molecule has 0 aromatic heterocycles. The monoisotopic (exact) mass is 348 g/mol. The maximum absolute atomic E-state index is 11.7. The first-order valence-corrected chi connectivity index (χ1v) is 8.49. The summed E-state index contributed by atoms with van der Waals surface area (Å²) in [6.45, 7) is 0. The third-order valence-electron chi connectivity index (χ3n) is 2.97. The number of hydrazone groups is 1. The first kappa shape index (κ1) is 17.4. The minimum absolute atomic E-state index is 0.146. The summed E-state index contributed by atoms with van der Waals surface area (Å²) >= 11 is 7.56. The molecule has 6 heteroatoms. The second-order valence-electron chi connectivity index (χ2n) is 4.65. The number of carbonyl (C=O) groups excluding carboxylic acids is 1. The highest BCUT2D eigenvalue weighted by Gasteiger charge is 2.03. The zero-order chi connectivity index (χ0) is 16.5. The van der Waals surface area contributed by atoms with Gasteiger partial charge in [-0.05, 0) is 41.5 Å². The Morgan fingerprint density at radius 1 is 1.26 bits per heavy atom. The molecule has 0 saturated heterocycles. The summed E-state index contributed by atoms with van der Waals surface area (Å²) in [6, 6.07) is 15.0. The van der Waals surface area contributed by atoms with Gasteiger partial charge >= 0.3 is 0 Å². The van der Waals surface area contributed by atoms with E-state index in [1.54, 1.807) is 13.3 Å². The summed E-state index contributed by atoms with van der Waals surface area (Å²) in [7, 11) is 1.61. The number of benzene rings is 2. The second-order valence-corrected chi connectivity index (χ2v) is 6.04. The highest BCUT2D eigenvalue weighted by Crippen LogP contribution is 2.20. The van der Waals surface area contributed by atoms with Crippen LogP contribution in [0.15, 0.2) is 53.6 Å². The molecule has 4 nitrogen and oxygen atoms in total. The van der Waals surface area contributed by atoms with E-state index in [1.165, 1.54) is 11.8 Å². The maximum atomic E-state index is 11.7. The van der Waals surface area contributed by atoms with Crippen molar-refractivity contribution in [3.8, 4) is 5.75 Å². The quantitative estimate of drug-likeness (QED) is 0.612. The van der Waals surface area contributed by atoms with E-state index in [-0.39, 0.29) is 5.91 Å². The number of hydrogen-bond acceptors (Lipinski definition) is 4. The molecular formula is C17H17ClN2O2S. The van der Waals surface area contributed by atoms with Crippen molar-refractivity contribution in [3.63, 3.8) is 0 Å². The Hall–Kier alpha value is -1.98. The first-order valence-electron chi connectivity index (χ1n) is 6.96. The lowest BCUT2D eigenvalue weighted by Crippen LogP contribution is -2.19. The van der Waals surface area contributed by atoms with Gasteiger partial charge in [0.1, 0.15) is 5.75 Å². The summed E-state index contributed by atoms with van der Waals surface area (Å²) in [4.78, 5) is 11.7. The van der Waals surface area contributed by atoms with Gasteiger partial charge in [-0.3, -0.25) is 4.79 Å². The SMILES string of the molecule is COc1ccc(/C=N\NC(=O)CSCc2ccccc2Cl)cc1. The highest BCUT2D eigenvalue weighted by molar-refractivity contribution is 7.99. The van der Waals surface area contributed by atoms with E-state index >= 15 is 0 Å². The van der Waals surface area contributed by atoms with Crippen LogP contribution in [0.25, 0.3) is 0 Å². The van der Waals surface area contributed by atoms with Crippen LogP contribution in [0.3, 0.4) is 0 Å². The van der Waals surface area contributed by atoms with E-state index in [0.717, 1.165) is 21.9 Å². The molecule has 0 saturated carbocycles. The number of methoxy groups -OCH3 is 1. The molecule has 1 amide bonds. The van der Waals surface area contributed by atoms with Gasteiger partial charge in [0.25, 0.3) is 0 Å². The Kier molecular flexibility index (Phi) is 6.97. The highest BCUT2D eigenvalue weighted by atomic mass is 35.5. The van der Waals surface area contributed by atoms with Crippen molar-refractivity contribution in [2.75, 3.05) is 12.9 Å². The predicted molar refractivity (Wildman–Crippen MR) is 96.3 cm³/mol. The third-order valence-corrected chi connectivity index (χ3v) is 4.32. The second kappa shape index (κ2) is 9.22. The average Bonchev–Trinajstić information content (AvgIpc) is 2.57. The molecule has 120 valence electrons. The van der Waals surface area contributed by atoms with E-state index in [4.69, 9.17) is 16.3 Å². The van der Waals surface area contributed by atoms with Gasteiger partial charge in [-0.1, -0.05) is 29.8 Å². The van der Waals surface area contributed by atoms with Crippen LogP contribution in [0.2, 0.25) is 5.02 Å².